The first kappa shape index (κ1) is 25.3. The number of anilines is 2. The quantitative estimate of drug-likeness (QED) is 0.293. The molecule has 1 aliphatic heterocycles. The maximum absolute atomic E-state index is 15.1. The van der Waals surface area contributed by atoms with Gasteiger partial charge in [0.15, 0.2) is 28.5 Å². The van der Waals surface area contributed by atoms with Crippen LogP contribution in [0.4, 0.5) is 29.1 Å². The van der Waals surface area contributed by atoms with Crippen molar-refractivity contribution in [2.24, 2.45) is 16.6 Å². The topological polar surface area (TPSA) is 124 Å². The molecule has 1 aromatic carbocycles. The van der Waals surface area contributed by atoms with Crippen molar-refractivity contribution < 1.29 is 26.7 Å². The number of amidine groups is 1. The summed E-state index contributed by atoms with van der Waals surface area (Å²) in [6.45, 7) is 3.35. The molecule has 14 heteroatoms. The molecule has 3 N–H and O–H groups in total. The van der Waals surface area contributed by atoms with Gasteiger partial charge in [0.25, 0.3) is 6.43 Å². The first-order valence-corrected chi connectivity index (χ1v) is 12.7. The number of ether oxygens (including phenoxy) is 1. The van der Waals surface area contributed by atoms with E-state index in [0.29, 0.717) is 22.6 Å². The number of thioether (sulfide) groups is 1. The van der Waals surface area contributed by atoms with Crippen LogP contribution in [-0.4, -0.2) is 36.3 Å². The molecule has 0 amide bonds. The molecule has 0 bridgehead atoms. The molecule has 1 saturated carbocycles. The number of pyridine rings is 1. The summed E-state index contributed by atoms with van der Waals surface area (Å²) in [6, 6.07) is 3.91. The number of rotatable bonds is 7. The van der Waals surface area contributed by atoms with Gasteiger partial charge < -0.3 is 20.2 Å². The molecule has 4 aromatic rings. The van der Waals surface area contributed by atoms with E-state index in [1.54, 1.807) is 13.0 Å². The van der Waals surface area contributed by atoms with Crippen molar-refractivity contribution in [1.29, 1.82) is 0 Å². The Balaban J connectivity index is 1.30. The fourth-order valence-corrected chi connectivity index (χ4v) is 6.32. The molecule has 202 valence electrons. The third kappa shape index (κ3) is 4.32. The lowest BCUT2D eigenvalue weighted by molar-refractivity contribution is 0.123. The second kappa shape index (κ2) is 9.07. The van der Waals surface area contributed by atoms with Crippen LogP contribution in [0.15, 0.2) is 46.3 Å². The molecule has 6 rings (SSSR count). The number of benzene rings is 1. The molecule has 0 spiro atoms. The van der Waals surface area contributed by atoms with Crippen molar-refractivity contribution in [3.63, 3.8) is 0 Å². The van der Waals surface area contributed by atoms with Crippen LogP contribution < -0.4 is 15.8 Å². The maximum Gasteiger partial charge on any atom is 0.253 e. The Hall–Kier alpha value is -3.94. The predicted octanol–water partition coefficient (Wildman–Crippen LogP) is 5.22. The molecular weight excluding hydrogens is 538 g/mol. The van der Waals surface area contributed by atoms with Crippen LogP contribution in [0.5, 0.6) is 5.88 Å². The fraction of sp³-hybridized carbons (Fsp3) is 0.320. The Morgan fingerprint density at radius 3 is 2.82 bits per heavy atom. The van der Waals surface area contributed by atoms with Gasteiger partial charge in [-0.2, -0.15) is 0 Å². The lowest BCUT2D eigenvalue weighted by atomic mass is 9.85. The van der Waals surface area contributed by atoms with Crippen molar-refractivity contribution in [2.45, 2.75) is 43.6 Å². The minimum absolute atomic E-state index is 0.0793. The number of alkyl halides is 2. The van der Waals surface area contributed by atoms with Gasteiger partial charge in [-0.25, -0.2) is 37.5 Å². The molecule has 4 heterocycles. The molecule has 1 aliphatic carbocycles. The van der Waals surface area contributed by atoms with E-state index in [1.807, 2.05) is 0 Å². The zero-order chi connectivity index (χ0) is 27.5. The van der Waals surface area contributed by atoms with E-state index < -0.39 is 34.3 Å². The van der Waals surface area contributed by atoms with E-state index in [-0.39, 0.29) is 41.1 Å². The molecule has 2 aliphatic rings. The van der Waals surface area contributed by atoms with Crippen LogP contribution >= 0.6 is 11.8 Å². The Morgan fingerprint density at radius 2 is 2.08 bits per heavy atom. The number of aliphatic imine (C=N–C) groups is 1. The second-order valence-corrected chi connectivity index (χ2v) is 10.9. The number of hydrogen-bond donors (Lipinski definition) is 2. The van der Waals surface area contributed by atoms with Crippen LogP contribution in [0.1, 0.15) is 30.5 Å². The standard InChI is InChI=1S/C25H21F4N7O2S/c1-11-33-13(9-37-11)10-38-18-8-32-20-16(35-18)3-4-31-21(20)34-12-5-14(19(27)15(26)6-12)24(2)17-7-25(17,22(28)29)39-23(30)36-24/h3-6,8-9,17,22H,7,10H2,1-2H3,(H2,30,36)(H,31,34)/t17?,24-,25+/m1/s1. The van der Waals surface area contributed by atoms with Gasteiger partial charge in [-0.05, 0) is 25.5 Å². The predicted molar refractivity (Wildman–Crippen MR) is 136 cm³/mol. The van der Waals surface area contributed by atoms with Gasteiger partial charge in [0.2, 0.25) is 5.88 Å². The number of nitrogens with one attached hydrogen (secondary N) is 1. The smallest absolute Gasteiger partial charge is 0.253 e. The number of fused-ring (bicyclic) bond motifs is 2. The zero-order valence-electron chi connectivity index (χ0n) is 20.6. The molecule has 1 fully saturated rings. The normalized spacial score (nSPS) is 24.0. The van der Waals surface area contributed by atoms with Crippen LogP contribution in [0.2, 0.25) is 0 Å². The van der Waals surface area contributed by atoms with Gasteiger partial charge in [-0.1, -0.05) is 11.8 Å². The number of aromatic nitrogens is 4. The third-order valence-corrected chi connectivity index (χ3v) is 8.26. The van der Waals surface area contributed by atoms with E-state index in [2.05, 4.69) is 30.2 Å². The average molecular weight is 560 g/mol. The minimum atomic E-state index is -2.69. The van der Waals surface area contributed by atoms with E-state index in [9.17, 15) is 13.2 Å². The molecule has 9 nitrogen and oxygen atoms in total. The monoisotopic (exact) mass is 559 g/mol. The number of nitrogens with zero attached hydrogens (tertiary/aromatic N) is 5. The van der Waals surface area contributed by atoms with E-state index in [4.69, 9.17) is 14.9 Å². The number of nitrogens with two attached hydrogens (primary N) is 1. The Bertz CT molecular complexity index is 1630. The average Bonchev–Trinajstić information content (AvgIpc) is 3.51. The van der Waals surface area contributed by atoms with Gasteiger partial charge >= 0.3 is 0 Å². The Morgan fingerprint density at radius 1 is 1.26 bits per heavy atom. The molecular formula is C25H21F4N7O2S. The summed E-state index contributed by atoms with van der Waals surface area (Å²) in [5.74, 6) is -2.09. The fourth-order valence-electron chi connectivity index (χ4n) is 4.98. The number of hydrogen-bond acceptors (Lipinski definition) is 10. The molecule has 1 unspecified atom stereocenters. The summed E-state index contributed by atoms with van der Waals surface area (Å²) in [7, 11) is 0. The number of aryl methyl sites for hydroxylation is 1. The highest BCUT2D eigenvalue weighted by Gasteiger charge is 2.71. The second-order valence-electron chi connectivity index (χ2n) is 9.54. The largest absolute Gasteiger partial charge is 0.470 e. The molecule has 3 atom stereocenters. The van der Waals surface area contributed by atoms with Crippen molar-refractivity contribution >= 4 is 39.5 Å². The van der Waals surface area contributed by atoms with E-state index in [0.717, 1.165) is 17.8 Å². The summed E-state index contributed by atoms with van der Waals surface area (Å²) in [6.07, 6.45) is 1.73. The molecule has 0 radical (unpaired) electrons. The van der Waals surface area contributed by atoms with Crippen LogP contribution in [0, 0.1) is 24.5 Å². The van der Waals surface area contributed by atoms with Crippen molar-refractivity contribution in [3.05, 3.63) is 65.6 Å². The highest BCUT2D eigenvalue weighted by atomic mass is 32.2. The minimum Gasteiger partial charge on any atom is -0.470 e. The van der Waals surface area contributed by atoms with Gasteiger partial charge in [-0.15, -0.1) is 0 Å². The van der Waals surface area contributed by atoms with E-state index >= 15 is 4.39 Å². The highest BCUT2D eigenvalue weighted by molar-refractivity contribution is 8.15. The van der Waals surface area contributed by atoms with Crippen molar-refractivity contribution in [2.75, 3.05) is 5.32 Å². The lowest BCUT2D eigenvalue weighted by Crippen LogP contribution is -2.39. The van der Waals surface area contributed by atoms with Crippen LogP contribution in [0.3, 0.4) is 0 Å². The van der Waals surface area contributed by atoms with Gasteiger partial charge in [0.05, 0.1) is 22.0 Å². The van der Waals surface area contributed by atoms with Crippen molar-refractivity contribution in [3.8, 4) is 5.88 Å². The van der Waals surface area contributed by atoms with E-state index in [1.165, 1.54) is 31.6 Å². The SMILES string of the molecule is Cc1nc(COc2cnc3c(Nc4cc(F)c(F)c([C@@]5(C)N=C(N)S[C@@]6(C(F)F)CC65)c4)nccc3n2)co1. The lowest BCUT2D eigenvalue weighted by Gasteiger charge is -2.34. The van der Waals surface area contributed by atoms with Gasteiger partial charge in [-0.3, -0.25) is 4.99 Å². The first-order chi connectivity index (χ1) is 18.6. The van der Waals surface area contributed by atoms with Crippen LogP contribution in [0.25, 0.3) is 11.0 Å². The summed E-state index contributed by atoms with van der Waals surface area (Å²) in [5, 5.41) is 2.86. The summed E-state index contributed by atoms with van der Waals surface area (Å²) in [4.78, 5) is 21.5. The summed E-state index contributed by atoms with van der Waals surface area (Å²) < 4.78 is 67.0. The number of halogens is 4. The van der Waals surface area contributed by atoms with Gasteiger partial charge in [0, 0.05) is 36.4 Å². The third-order valence-electron chi connectivity index (χ3n) is 6.95. The van der Waals surface area contributed by atoms with Gasteiger partial charge in [0.1, 0.15) is 24.1 Å². The van der Waals surface area contributed by atoms with Crippen LogP contribution in [-0.2, 0) is 12.1 Å². The zero-order valence-corrected chi connectivity index (χ0v) is 21.4. The maximum atomic E-state index is 15.1. The first-order valence-electron chi connectivity index (χ1n) is 11.8. The van der Waals surface area contributed by atoms with Crippen molar-refractivity contribution in [1.82, 2.24) is 19.9 Å². The summed E-state index contributed by atoms with van der Waals surface area (Å²) in [5.41, 5.74) is 5.71. The Labute approximate surface area is 223 Å². The molecule has 0 saturated heterocycles. The molecule has 39 heavy (non-hydrogen) atoms. The summed E-state index contributed by atoms with van der Waals surface area (Å²) >= 11 is 0.793. The Kier molecular flexibility index (Phi) is 5.90. The molecule has 3 aromatic heterocycles. The highest BCUT2D eigenvalue weighted by Crippen LogP contribution is 2.68. The number of oxazole rings is 1.